The third kappa shape index (κ3) is 2.69. The molecular weight excluding hydrogens is 182 g/mol. The lowest BCUT2D eigenvalue weighted by atomic mass is 10.0. The van der Waals surface area contributed by atoms with Crippen LogP contribution >= 0.6 is 0 Å². The molecule has 1 aliphatic rings. The van der Waals surface area contributed by atoms with Crippen molar-refractivity contribution in [2.45, 2.75) is 38.3 Å². The normalized spacial score (nSPS) is 26.0. The van der Waals surface area contributed by atoms with Crippen molar-refractivity contribution >= 4 is 5.97 Å². The number of likely N-dealkylation sites (tertiary alicyclic amines) is 1. The molecule has 4 heteroatoms. The molecule has 2 atom stereocenters. The monoisotopic (exact) mass is 201 g/mol. The van der Waals surface area contributed by atoms with Crippen molar-refractivity contribution in [2.75, 3.05) is 20.3 Å². The van der Waals surface area contributed by atoms with Crippen LogP contribution in [0.15, 0.2) is 0 Å². The van der Waals surface area contributed by atoms with Crippen molar-refractivity contribution in [1.82, 2.24) is 4.90 Å². The molecule has 82 valence electrons. The first-order valence-corrected chi connectivity index (χ1v) is 5.14. The highest BCUT2D eigenvalue weighted by Crippen LogP contribution is 2.19. The van der Waals surface area contributed by atoms with Gasteiger partial charge in [-0.2, -0.15) is 0 Å². The molecule has 0 bridgehead atoms. The summed E-state index contributed by atoms with van der Waals surface area (Å²) in [5.74, 6) is -0.743. The maximum Gasteiger partial charge on any atom is 0.320 e. The molecule has 1 aliphatic heterocycles. The number of hydrogen-bond acceptors (Lipinski definition) is 3. The van der Waals surface area contributed by atoms with Crippen LogP contribution in [-0.4, -0.2) is 48.3 Å². The summed E-state index contributed by atoms with van der Waals surface area (Å²) in [5, 5.41) is 8.94. The lowest BCUT2D eigenvalue weighted by Gasteiger charge is -2.37. The van der Waals surface area contributed by atoms with Crippen LogP contribution in [0, 0.1) is 0 Å². The first-order valence-electron chi connectivity index (χ1n) is 5.14. The van der Waals surface area contributed by atoms with Crippen LogP contribution in [0.5, 0.6) is 0 Å². The number of aliphatic carboxylic acids is 1. The van der Waals surface area contributed by atoms with Crippen molar-refractivity contribution in [3.05, 3.63) is 0 Å². The molecule has 1 heterocycles. The van der Waals surface area contributed by atoms with E-state index in [1.165, 1.54) is 6.42 Å². The SMILES string of the molecule is COC[C@@H]1CCCCN1[C@@H](C)C(=O)O. The summed E-state index contributed by atoms with van der Waals surface area (Å²) in [6, 6.07) is -0.115. The number of hydrogen-bond donors (Lipinski definition) is 1. The van der Waals surface area contributed by atoms with Gasteiger partial charge in [0.05, 0.1) is 6.61 Å². The minimum absolute atomic E-state index is 0.278. The quantitative estimate of drug-likeness (QED) is 0.736. The number of nitrogens with zero attached hydrogens (tertiary/aromatic N) is 1. The topological polar surface area (TPSA) is 49.8 Å². The van der Waals surface area contributed by atoms with Gasteiger partial charge in [0, 0.05) is 13.2 Å². The van der Waals surface area contributed by atoms with E-state index < -0.39 is 12.0 Å². The number of ether oxygens (including phenoxy) is 1. The number of carboxylic acids is 1. The molecule has 0 saturated carbocycles. The van der Waals surface area contributed by atoms with Crippen molar-refractivity contribution in [2.24, 2.45) is 0 Å². The highest BCUT2D eigenvalue weighted by atomic mass is 16.5. The minimum Gasteiger partial charge on any atom is -0.480 e. The molecular formula is C10H19NO3. The molecule has 14 heavy (non-hydrogen) atoms. The van der Waals surface area contributed by atoms with E-state index in [0.717, 1.165) is 19.4 Å². The highest BCUT2D eigenvalue weighted by molar-refractivity contribution is 5.72. The third-order valence-electron chi connectivity index (χ3n) is 2.89. The Bertz CT molecular complexity index is 194. The van der Waals surface area contributed by atoms with Crippen LogP contribution in [0.3, 0.4) is 0 Å². The van der Waals surface area contributed by atoms with Gasteiger partial charge in [-0.15, -0.1) is 0 Å². The molecule has 0 aromatic carbocycles. The average Bonchev–Trinajstić information content (AvgIpc) is 2.18. The standard InChI is InChI=1S/C10H19NO3/c1-8(10(12)13)11-6-4-3-5-9(11)7-14-2/h8-9H,3-7H2,1-2H3,(H,12,13)/t8-,9-/m0/s1. The van der Waals surface area contributed by atoms with E-state index in [1.54, 1.807) is 14.0 Å². The maximum atomic E-state index is 10.9. The summed E-state index contributed by atoms with van der Waals surface area (Å²) in [6.07, 6.45) is 3.32. The van der Waals surface area contributed by atoms with E-state index in [4.69, 9.17) is 9.84 Å². The zero-order chi connectivity index (χ0) is 10.6. The fraction of sp³-hybridized carbons (Fsp3) is 0.900. The first-order chi connectivity index (χ1) is 6.66. The van der Waals surface area contributed by atoms with Crippen molar-refractivity contribution in [3.63, 3.8) is 0 Å². The molecule has 0 unspecified atom stereocenters. The Kier molecular flexibility index (Phi) is 4.35. The van der Waals surface area contributed by atoms with Crippen LogP contribution in [0.25, 0.3) is 0 Å². The Morgan fingerprint density at radius 3 is 2.93 bits per heavy atom. The van der Waals surface area contributed by atoms with Gasteiger partial charge in [-0.3, -0.25) is 9.69 Å². The van der Waals surface area contributed by atoms with Crippen LogP contribution in [-0.2, 0) is 9.53 Å². The molecule has 1 rings (SSSR count). The van der Waals surface area contributed by atoms with Crippen molar-refractivity contribution < 1.29 is 14.6 Å². The van der Waals surface area contributed by atoms with Crippen molar-refractivity contribution in [1.29, 1.82) is 0 Å². The van der Waals surface area contributed by atoms with Gasteiger partial charge in [0.15, 0.2) is 0 Å². The highest BCUT2D eigenvalue weighted by Gasteiger charge is 2.29. The Hall–Kier alpha value is -0.610. The van der Waals surface area contributed by atoms with E-state index in [2.05, 4.69) is 0 Å². The Labute approximate surface area is 84.8 Å². The number of carboxylic acid groups (broad SMARTS) is 1. The Morgan fingerprint density at radius 1 is 1.64 bits per heavy atom. The van der Waals surface area contributed by atoms with Gasteiger partial charge < -0.3 is 9.84 Å². The predicted octanol–water partition coefficient (Wildman–Crippen LogP) is 0.960. The Balaban J connectivity index is 2.57. The van der Waals surface area contributed by atoms with Crippen LogP contribution in [0.2, 0.25) is 0 Å². The van der Waals surface area contributed by atoms with Crippen molar-refractivity contribution in [3.8, 4) is 0 Å². The summed E-state index contributed by atoms with van der Waals surface area (Å²) in [7, 11) is 1.66. The Morgan fingerprint density at radius 2 is 2.36 bits per heavy atom. The molecule has 0 aliphatic carbocycles. The zero-order valence-corrected chi connectivity index (χ0v) is 8.90. The van der Waals surface area contributed by atoms with E-state index >= 15 is 0 Å². The van der Waals surface area contributed by atoms with E-state index in [9.17, 15) is 4.79 Å². The summed E-state index contributed by atoms with van der Waals surface area (Å²) in [5.41, 5.74) is 0. The van der Waals surface area contributed by atoms with Crippen LogP contribution in [0.4, 0.5) is 0 Å². The van der Waals surface area contributed by atoms with Gasteiger partial charge in [0.2, 0.25) is 0 Å². The second-order valence-corrected chi connectivity index (χ2v) is 3.86. The van der Waals surface area contributed by atoms with Gasteiger partial charge in [-0.1, -0.05) is 6.42 Å². The fourth-order valence-corrected chi connectivity index (χ4v) is 2.05. The largest absolute Gasteiger partial charge is 0.480 e. The summed E-state index contributed by atoms with van der Waals surface area (Å²) >= 11 is 0. The zero-order valence-electron chi connectivity index (χ0n) is 8.90. The van der Waals surface area contributed by atoms with Gasteiger partial charge in [-0.05, 0) is 26.3 Å². The average molecular weight is 201 g/mol. The molecule has 0 radical (unpaired) electrons. The second kappa shape index (κ2) is 5.32. The molecule has 1 fully saturated rings. The maximum absolute atomic E-state index is 10.9. The summed E-state index contributed by atoms with van der Waals surface area (Å²) in [4.78, 5) is 12.9. The molecule has 0 amide bonds. The minimum atomic E-state index is -0.743. The number of carbonyl (C=O) groups is 1. The van der Waals surface area contributed by atoms with Gasteiger partial charge in [0.1, 0.15) is 6.04 Å². The number of methoxy groups -OCH3 is 1. The van der Waals surface area contributed by atoms with Crippen LogP contribution in [0.1, 0.15) is 26.2 Å². The fourth-order valence-electron chi connectivity index (χ4n) is 2.05. The lowest BCUT2D eigenvalue weighted by Crippen LogP contribution is -2.50. The molecule has 1 N–H and O–H groups in total. The third-order valence-corrected chi connectivity index (χ3v) is 2.89. The van der Waals surface area contributed by atoms with E-state index in [0.29, 0.717) is 6.61 Å². The lowest BCUT2D eigenvalue weighted by molar-refractivity contribution is -0.144. The van der Waals surface area contributed by atoms with Gasteiger partial charge in [-0.25, -0.2) is 0 Å². The van der Waals surface area contributed by atoms with E-state index in [1.807, 2.05) is 4.90 Å². The molecule has 4 nitrogen and oxygen atoms in total. The smallest absolute Gasteiger partial charge is 0.320 e. The first kappa shape index (κ1) is 11.5. The molecule has 1 saturated heterocycles. The molecule has 0 aromatic rings. The van der Waals surface area contributed by atoms with Crippen LogP contribution < -0.4 is 0 Å². The number of rotatable bonds is 4. The molecule has 0 aromatic heterocycles. The summed E-state index contributed by atoms with van der Waals surface area (Å²) in [6.45, 7) is 3.26. The van der Waals surface area contributed by atoms with E-state index in [-0.39, 0.29) is 6.04 Å². The predicted molar refractivity (Wildman–Crippen MR) is 53.3 cm³/mol. The van der Waals surface area contributed by atoms with Gasteiger partial charge in [0.25, 0.3) is 0 Å². The molecule has 0 spiro atoms. The second-order valence-electron chi connectivity index (χ2n) is 3.86. The van der Waals surface area contributed by atoms with Gasteiger partial charge >= 0.3 is 5.97 Å². The summed E-state index contributed by atoms with van der Waals surface area (Å²) < 4.78 is 5.11. The number of piperidine rings is 1.